The summed E-state index contributed by atoms with van der Waals surface area (Å²) in [5.74, 6) is -0.922. The van der Waals surface area contributed by atoms with Crippen LogP contribution < -0.4 is 0 Å². The monoisotopic (exact) mass is 409 g/mol. The Balaban J connectivity index is 1.86. The Hall–Kier alpha value is -3.19. The Bertz CT molecular complexity index is 915. The number of allylic oxidation sites excluding steroid dienone is 1. The number of hydrogen-bond acceptors (Lipinski definition) is 6. The van der Waals surface area contributed by atoms with Crippen molar-refractivity contribution in [2.75, 3.05) is 26.2 Å². The van der Waals surface area contributed by atoms with E-state index in [1.807, 2.05) is 0 Å². The largest absolute Gasteiger partial charge is 0.503 e. The molecule has 0 aliphatic carbocycles. The van der Waals surface area contributed by atoms with Gasteiger partial charge in [0.1, 0.15) is 5.76 Å². The van der Waals surface area contributed by atoms with Crippen LogP contribution in [0.5, 0.6) is 0 Å². The molecule has 1 aliphatic rings. The first-order valence-corrected chi connectivity index (χ1v) is 10.2. The Kier molecular flexibility index (Phi) is 7.19. The van der Waals surface area contributed by atoms with Gasteiger partial charge in [-0.05, 0) is 68.0 Å². The third-order valence-electron chi connectivity index (χ3n) is 5.30. The first-order valence-electron chi connectivity index (χ1n) is 10.2. The summed E-state index contributed by atoms with van der Waals surface area (Å²) in [6.07, 6.45) is 8.34. The molecule has 158 valence electrons. The fraction of sp³-hybridized carbons (Fsp3) is 0.348. The van der Waals surface area contributed by atoms with Gasteiger partial charge in [-0.1, -0.05) is 13.8 Å². The molecule has 1 aliphatic heterocycles. The van der Waals surface area contributed by atoms with E-state index in [1.54, 1.807) is 41.6 Å². The number of pyridine rings is 1. The SMILES string of the molecule is CCN(CC)CCCN1C(=O)C(O)=C(C(=O)/C=C/c2ccco2)C1c1ccncc1. The number of carbonyl (C=O) groups is 2. The van der Waals surface area contributed by atoms with Gasteiger partial charge in [0, 0.05) is 18.9 Å². The standard InChI is InChI=1S/C23H27N3O4/c1-3-25(4-2)14-6-15-26-21(17-10-12-24-13-11-17)20(22(28)23(26)29)19(27)9-8-18-7-5-16-30-18/h5,7-13,16,21,28H,3-4,6,14-15H2,1-2H3/b9-8+. The van der Waals surface area contributed by atoms with Gasteiger partial charge < -0.3 is 19.3 Å². The zero-order chi connectivity index (χ0) is 21.5. The van der Waals surface area contributed by atoms with E-state index in [0.29, 0.717) is 12.3 Å². The van der Waals surface area contributed by atoms with Crippen LogP contribution in [0.4, 0.5) is 0 Å². The highest BCUT2D eigenvalue weighted by Crippen LogP contribution is 2.37. The summed E-state index contributed by atoms with van der Waals surface area (Å²) in [7, 11) is 0. The number of furan rings is 1. The summed E-state index contributed by atoms with van der Waals surface area (Å²) in [6.45, 7) is 7.33. The Labute approximate surface area is 176 Å². The van der Waals surface area contributed by atoms with Crippen molar-refractivity contribution >= 4 is 17.8 Å². The van der Waals surface area contributed by atoms with Crippen LogP contribution in [0.15, 0.2) is 64.7 Å². The van der Waals surface area contributed by atoms with Gasteiger partial charge in [-0.2, -0.15) is 0 Å². The Morgan fingerprint density at radius 3 is 2.63 bits per heavy atom. The number of hydrogen-bond donors (Lipinski definition) is 1. The zero-order valence-electron chi connectivity index (χ0n) is 17.3. The first kappa shape index (κ1) is 21.5. The molecule has 1 atom stereocenters. The molecular weight excluding hydrogens is 382 g/mol. The van der Waals surface area contributed by atoms with Gasteiger partial charge in [-0.15, -0.1) is 0 Å². The van der Waals surface area contributed by atoms with E-state index < -0.39 is 23.5 Å². The van der Waals surface area contributed by atoms with E-state index in [9.17, 15) is 14.7 Å². The maximum Gasteiger partial charge on any atom is 0.290 e. The highest BCUT2D eigenvalue weighted by atomic mass is 16.3. The lowest BCUT2D eigenvalue weighted by atomic mass is 9.96. The average Bonchev–Trinajstić information content (AvgIpc) is 3.38. The minimum atomic E-state index is -0.647. The molecule has 0 bridgehead atoms. The highest BCUT2D eigenvalue weighted by Gasteiger charge is 2.42. The molecule has 2 aromatic heterocycles. The maximum atomic E-state index is 13.0. The van der Waals surface area contributed by atoms with Crippen molar-refractivity contribution in [1.29, 1.82) is 0 Å². The van der Waals surface area contributed by atoms with E-state index in [1.165, 1.54) is 18.4 Å². The second kappa shape index (κ2) is 10.0. The predicted octanol–water partition coefficient (Wildman–Crippen LogP) is 3.38. The number of aromatic nitrogens is 1. The van der Waals surface area contributed by atoms with Gasteiger partial charge in [-0.25, -0.2) is 0 Å². The lowest BCUT2D eigenvalue weighted by molar-refractivity contribution is -0.129. The third kappa shape index (κ3) is 4.68. The molecule has 0 saturated carbocycles. The van der Waals surface area contributed by atoms with E-state index in [2.05, 4.69) is 23.7 Å². The Morgan fingerprint density at radius 2 is 2.00 bits per heavy atom. The smallest absolute Gasteiger partial charge is 0.290 e. The summed E-state index contributed by atoms with van der Waals surface area (Å²) in [5, 5.41) is 10.6. The number of ketones is 1. The van der Waals surface area contributed by atoms with Crippen LogP contribution in [0.25, 0.3) is 6.08 Å². The molecule has 0 radical (unpaired) electrons. The molecule has 7 heteroatoms. The molecule has 3 heterocycles. The van der Waals surface area contributed by atoms with E-state index in [0.717, 1.165) is 31.6 Å². The van der Waals surface area contributed by atoms with Gasteiger partial charge in [0.2, 0.25) is 0 Å². The highest BCUT2D eigenvalue weighted by molar-refractivity contribution is 6.14. The van der Waals surface area contributed by atoms with Crippen LogP contribution in [-0.4, -0.2) is 57.8 Å². The maximum absolute atomic E-state index is 13.0. The normalized spacial score (nSPS) is 17.0. The lowest BCUT2D eigenvalue weighted by Gasteiger charge is -2.27. The molecule has 1 amide bonds. The molecule has 2 aromatic rings. The zero-order valence-corrected chi connectivity index (χ0v) is 17.3. The first-order chi connectivity index (χ1) is 14.6. The number of aliphatic hydroxyl groups is 1. The predicted molar refractivity (Wildman–Crippen MR) is 113 cm³/mol. The van der Waals surface area contributed by atoms with E-state index in [-0.39, 0.29) is 5.57 Å². The third-order valence-corrected chi connectivity index (χ3v) is 5.30. The Morgan fingerprint density at radius 1 is 1.27 bits per heavy atom. The molecular formula is C23H27N3O4. The number of carbonyl (C=O) groups excluding carboxylic acids is 2. The van der Waals surface area contributed by atoms with E-state index >= 15 is 0 Å². The summed E-state index contributed by atoms with van der Waals surface area (Å²) in [5.41, 5.74) is 0.817. The molecule has 0 fully saturated rings. The van der Waals surface area contributed by atoms with Crippen molar-refractivity contribution < 1.29 is 19.1 Å². The van der Waals surface area contributed by atoms with Crippen molar-refractivity contribution in [2.24, 2.45) is 0 Å². The van der Waals surface area contributed by atoms with Crippen LogP contribution in [0.3, 0.4) is 0 Å². The molecule has 7 nitrogen and oxygen atoms in total. The van der Waals surface area contributed by atoms with Crippen molar-refractivity contribution in [3.63, 3.8) is 0 Å². The van der Waals surface area contributed by atoms with Crippen LogP contribution in [0.1, 0.15) is 37.6 Å². The topological polar surface area (TPSA) is 86.9 Å². The minimum Gasteiger partial charge on any atom is -0.503 e. The van der Waals surface area contributed by atoms with Crippen molar-refractivity contribution in [1.82, 2.24) is 14.8 Å². The fourth-order valence-electron chi connectivity index (χ4n) is 3.67. The molecule has 0 saturated heterocycles. The quantitative estimate of drug-likeness (QED) is 0.606. The van der Waals surface area contributed by atoms with Crippen molar-refractivity contribution in [3.8, 4) is 0 Å². The van der Waals surface area contributed by atoms with Crippen LogP contribution in [0, 0.1) is 0 Å². The second-order valence-corrected chi connectivity index (χ2v) is 7.04. The second-order valence-electron chi connectivity index (χ2n) is 7.04. The molecule has 0 spiro atoms. The summed E-state index contributed by atoms with van der Waals surface area (Å²) in [6, 6.07) is 6.32. The lowest BCUT2D eigenvalue weighted by Crippen LogP contribution is -2.34. The summed E-state index contributed by atoms with van der Waals surface area (Å²) < 4.78 is 5.22. The van der Waals surface area contributed by atoms with Crippen LogP contribution in [0.2, 0.25) is 0 Å². The van der Waals surface area contributed by atoms with Crippen molar-refractivity contribution in [3.05, 3.63) is 71.7 Å². The van der Waals surface area contributed by atoms with Crippen LogP contribution in [-0.2, 0) is 9.59 Å². The van der Waals surface area contributed by atoms with Crippen LogP contribution >= 0.6 is 0 Å². The number of rotatable bonds is 10. The van der Waals surface area contributed by atoms with Gasteiger partial charge in [0.25, 0.3) is 5.91 Å². The molecule has 1 unspecified atom stereocenters. The molecule has 1 N–H and O–H groups in total. The number of amides is 1. The summed E-state index contributed by atoms with van der Waals surface area (Å²) in [4.78, 5) is 33.7. The minimum absolute atomic E-state index is 0.0804. The summed E-state index contributed by atoms with van der Waals surface area (Å²) >= 11 is 0. The number of aliphatic hydroxyl groups excluding tert-OH is 1. The van der Waals surface area contributed by atoms with Gasteiger partial charge in [0.05, 0.1) is 17.9 Å². The van der Waals surface area contributed by atoms with E-state index in [4.69, 9.17) is 4.42 Å². The molecule has 30 heavy (non-hydrogen) atoms. The average molecular weight is 409 g/mol. The van der Waals surface area contributed by atoms with Crippen molar-refractivity contribution in [2.45, 2.75) is 26.3 Å². The molecule has 0 aromatic carbocycles. The molecule has 3 rings (SSSR count). The number of nitrogens with zero attached hydrogens (tertiary/aromatic N) is 3. The van der Waals surface area contributed by atoms with Gasteiger partial charge in [-0.3, -0.25) is 14.6 Å². The van der Waals surface area contributed by atoms with Gasteiger partial charge >= 0.3 is 0 Å². The fourth-order valence-corrected chi connectivity index (χ4v) is 3.67. The van der Waals surface area contributed by atoms with Gasteiger partial charge in [0.15, 0.2) is 11.5 Å².